The third-order valence-corrected chi connectivity index (χ3v) is 2.93. The topological polar surface area (TPSA) is 50.4 Å². The summed E-state index contributed by atoms with van der Waals surface area (Å²) in [7, 11) is 0. The summed E-state index contributed by atoms with van der Waals surface area (Å²) < 4.78 is 18.4. The van der Waals surface area contributed by atoms with Gasteiger partial charge >= 0.3 is 0 Å². The van der Waals surface area contributed by atoms with Crippen LogP contribution in [0.5, 0.6) is 0 Å². The number of hydrogen-bond acceptors (Lipinski definition) is 3. The van der Waals surface area contributed by atoms with Gasteiger partial charge in [0.1, 0.15) is 11.9 Å². The molecule has 98 valence electrons. The van der Waals surface area contributed by atoms with Crippen molar-refractivity contribution in [3.05, 3.63) is 35.6 Å². The van der Waals surface area contributed by atoms with Crippen molar-refractivity contribution in [1.29, 1.82) is 0 Å². The zero-order chi connectivity index (χ0) is 13.0. The van der Waals surface area contributed by atoms with E-state index in [-0.39, 0.29) is 17.8 Å². The fourth-order valence-corrected chi connectivity index (χ4v) is 1.90. The molecule has 1 fully saturated rings. The first kappa shape index (κ1) is 13.0. The van der Waals surface area contributed by atoms with E-state index in [2.05, 4.69) is 10.6 Å². The molecule has 0 bridgehead atoms. The van der Waals surface area contributed by atoms with Crippen molar-refractivity contribution in [2.24, 2.45) is 0 Å². The van der Waals surface area contributed by atoms with Crippen molar-refractivity contribution in [2.45, 2.75) is 19.1 Å². The quantitative estimate of drug-likeness (QED) is 0.843. The Bertz CT molecular complexity index is 419. The molecule has 1 aliphatic heterocycles. The van der Waals surface area contributed by atoms with Crippen molar-refractivity contribution >= 4 is 5.91 Å². The Balaban J connectivity index is 1.94. The molecule has 5 heteroatoms. The van der Waals surface area contributed by atoms with Crippen LogP contribution in [0.1, 0.15) is 18.5 Å². The third-order valence-electron chi connectivity index (χ3n) is 2.93. The van der Waals surface area contributed by atoms with E-state index in [4.69, 9.17) is 4.74 Å². The van der Waals surface area contributed by atoms with Gasteiger partial charge in [0.05, 0.1) is 12.6 Å². The Morgan fingerprint density at radius 3 is 3.11 bits per heavy atom. The second kappa shape index (κ2) is 5.93. The summed E-state index contributed by atoms with van der Waals surface area (Å²) in [4.78, 5) is 11.9. The number of halogens is 1. The van der Waals surface area contributed by atoms with Gasteiger partial charge in [-0.05, 0) is 24.6 Å². The summed E-state index contributed by atoms with van der Waals surface area (Å²) in [6, 6.07) is 5.98. The first-order chi connectivity index (χ1) is 8.66. The lowest BCUT2D eigenvalue weighted by atomic mass is 10.1. The Hall–Kier alpha value is -1.46. The van der Waals surface area contributed by atoms with Crippen molar-refractivity contribution in [1.82, 2.24) is 10.6 Å². The van der Waals surface area contributed by atoms with Gasteiger partial charge in [-0.15, -0.1) is 0 Å². The van der Waals surface area contributed by atoms with Crippen molar-refractivity contribution in [3.63, 3.8) is 0 Å². The second-order valence-corrected chi connectivity index (χ2v) is 4.35. The van der Waals surface area contributed by atoms with Crippen LogP contribution < -0.4 is 10.6 Å². The largest absolute Gasteiger partial charge is 0.366 e. The molecule has 1 saturated heterocycles. The molecular formula is C13H17FN2O2. The van der Waals surface area contributed by atoms with Crippen LogP contribution >= 0.6 is 0 Å². The fourth-order valence-electron chi connectivity index (χ4n) is 1.90. The van der Waals surface area contributed by atoms with E-state index in [0.717, 1.165) is 12.1 Å². The van der Waals surface area contributed by atoms with E-state index in [1.807, 2.05) is 6.92 Å². The molecule has 2 rings (SSSR count). The molecule has 1 aromatic rings. The lowest BCUT2D eigenvalue weighted by molar-refractivity contribution is -0.134. The van der Waals surface area contributed by atoms with Crippen molar-refractivity contribution in [2.75, 3.05) is 19.7 Å². The van der Waals surface area contributed by atoms with E-state index in [9.17, 15) is 9.18 Å². The zero-order valence-corrected chi connectivity index (χ0v) is 10.3. The van der Waals surface area contributed by atoms with Crippen LogP contribution in [0, 0.1) is 5.82 Å². The predicted molar refractivity (Wildman–Crippen MR) is 65.6 cm³/mol. The number of ether oxygens (including phenoxy) is 1. The van der Waals surface area contributed by atoms with E-state index in [1.54, 1.807) is 12.1 Å². The average Bonchev–Trinajstić information content (AvgIpc) is 2.39. The number of carbonyl (C=O) groups excluding carboxylic acids is 1. The molecule has 1 unspecified atom stereocenters. The third kappa shape index (κ3) is 3.27. The van der Waals surface area contributed by atoms with Gasteiger partial charge in [0.15, 0.2) is 0 Å². The van der Waals surface area contributed by atoms with Crippen molar-refractivity contribution in [3.8, 4) is 0 Å². The maximum atomic E-state index is 13.1. The molecule has 0 saturated carbocycles. The molecule has 2 atom stereocenters. The van der Waals surface area contributed by atoms with Crippen LogP contribution in [0.2, 0.25) is 0 Å². The molecule has 0 spiro atoms. The highest BCUT2D eigenvalue weighted by Crippen LogP contribution is 2.13. The van der Waals surface area contributed by atoms with Gasteiger partial charge in [0, 0.05) is 13.1 Å². The average molecular weight is 252 g/mol. The first-order valence-corrected chi connectivity index (χ1v) is 6.05. The van der Waals surface area contributed by atoms with Crippen LogP contribution in [0.15, 0.2) is 24.3 Å². The minimum atomic E-state index is -0.463. The molecule has 1 aromatic carbocycles. The number of carbonyl (C=O) groups is 1. The van der Waals surface area contributed by atoms with Crippen LogP contribution in [0.3, 0.4) is 0 Å². The summed E-state index contributed by atoms with van der Waals surface area (Å²) in [5.74, 6) is -0.469. The normalized spacial score (nSPS) is 21.3. The predicted octanol–water partition coefficient (Wildman–Crippen LogP) is 0.991. The van der Waals surface area contributed by atoms with Gasteiger partial charge in [-0.2, -0.15) is 0 Å². The highest BCUT2D eigenvalue weighted by atomic mass is 19.1. The van der Waals surface area contributed by atoms with Gasteiger partial charge < -0.3 is 15.4 Å². The lowest BCUT2D eigenvalue weighted by Crippen LogP contribution is -2.48. The lowest BCUT2D eigenvalue weighted by Gasteiger charge is -2.24. The molecule has 1 heterocycles. The van der Waals surface area contributed by atoms with Gasteiger partial charge in [-0.3, -0.25) is 4.79 Å². The number of benzene rings is 1. The minimum Gasteiger partial charge on any atom is -0.366 e. The molecule has 4 nitrogen and oxygen atoms in total. The van der Waals surface area contributed by atoms with E-state index < -0.39 is 6.10 Å². The maximum absolute atomic E-state index is 13.1. The summed E-state index contributed by atoms with van der Waals surface area (Å²) in [6.45, 7) is 3.64. The SMILES string of the molecule is C[C@@H](NC(=O)C1CNCCO1)c1cccc(F)c1. The van der Waals surface area contributed by atoms with Gasteiger partial charge in [0.2, 0.25) is 0 Å². The molecule has 0 aromatic heterocycles. The summed E-state index contributed by atoms with van der Waals surface area (Å²) in [5, 5.41) is 5.91. The number of amides is 1. The molecular weight excluding hydrogens is 235 g/mol. The molecule has 0 radical (unpaired) electrons. The molecule has 1 amide bonds. The van der Waals surface area contributed by atoms with Crippen LogP contribution in [-0.2, 0) is 9.53 Å². The van der Waals surface area contributed by atoms with Gasteiger partial charge in [0.25, 0.3) is 5.91 Å². The molecule has 0 aliphatic carbocycles. The minimum absolute atomic E-state index is 0.168. The van der Waals surface area contributed by atoms with E-state index >= 15 is 0 Å². The summed E-state index contributed by atoms with van der Waals surface area (Å²) >= 11 is 0. The monoisotopic (exact) mass is 252 g/mol. The number of hydrogen-bond donors (Lipinski definition) is 2. The Morgan fingerprint density at radius 2 is 2.44 bits per heavy atom. The first-order valence-electron chi connectivity index (χ1n) is 6.05. The smallest absolute Gasteiger partial charge is 0.250 e. The molecule has 18 heavy (non-hydrogen) atoms. The maximum Gasteiger partial charge on any atom is 0.250 e. The summed E-state index contributed by atoms with van der Waals surface area (Å²) in [5.41, 5.74) is 0.743. The zero-order valence-electron chi connectivity index (χ0n) is 10.3. The second-order valence-electron chi connectivity index (χ2n) is 4.35. The molecule has 1 aliphatic rings. The standard InChI is InChI=1S/C13H17FN2O2/c1-9(10-3-2-4-11(14)7-10)16-13(17)12-8-15-5-6-18-12/h2-4,7,9,12,15H,5-6,8H2,1H3,(H,16,17)/t9-,12?/m1/s1. The Morgan fingerprint density at radius 1 is 1.61 bits per heavy atom. The highest BCUT2D eigenvalue weighted by molar-refractivity contribution is 5.81. The number of rotatable bonds is 3. The summed E-state index contributed by atoms with van der Waals surface area (Å²) in [6.07, 6.45) is -0.463. The van der Waals surface area contributed by atoms with Crippen LogP contribution in [0.25, 0.3) is 0 Å². The van der Waals surface area contributed by atoms with E-state index in [1.165, 1.54) is 12.1 Å². The van der Waals surface area contributed by atoms with Crippen molar-refractivity contribution < 1.29 is 13.9 Å². The Kier molecular flexibility index (Phi) is 4.28. The van der Waals surface area contributed by atoms with Gasteiger partial charge in [-0.1, -0.05) is 12.1 Å². The van der Waals surface area contributed by atoms with Crippen LogP contribution in [-0.4, -0.2) is 31.7 Å². The van der Waals surface area contributed by atoms with E-state index in [0.29, 0.717) is 13.2 Å². The Labute approximate surface area is 106 Å². The number of nitrogens with one attached hydrogen (secondary N) is 2. The molecule has 2 N–H and O–H groups in total. The van der Waals surface area contributed by atoms with Crippen LogP contribution in [0.4, 0.5) is 4.39 Å². The van der Waals surface area contributed by atoms with Gasteiger partial charge in [-0.25, -0.2) is 4.39 Å². The number of morpholine rings is 1. The highest BCUT2D eigenvalue weighted by Gasteiger charge is 2.23. The fraction of sp³-hybridized carbons (Fsp3) is 0.462.